The molecule has 2 heterocycles. The molecule has 0 amide bonds. The van der Waals surface area contributed by atoms with E-state index in [0.717, 1.165) is 11.4 Å². The number of rotatable bonds is 4. The van der Waals surface area contributed by atoms with Gasteiger partial charge in [-0.15, -0.1) is 10.2 Å². The lowest BCUT2D eigenvalue weighted by Gasteiger charge is -2.09. The molecular formula is C13H13N3O3S. The number of carbonyl (C=O) groups excluding carboxylic acids is 1. The maximum atomic E-state index is 11.5. The Morgan fingerprint density at radius 3 is 3.15 bits per heavy atom. The quantitative estimate of drug-likeness (QED) is 0.799. The first-order chi connectivity index (χ1) is 9.78. The van der Waals surface area contributed by atoms with Crippen molar-refractivity contribution in [2.75, 3.05) is 13.7 Å². The van der Waals surface area contributed by atoms with Gasteiger partial charge in [0, 0.05) is 12.5 Å². The summed E-state index contributed by atoms with van der Waals surface area (Å²) in [5, 5.41) is 8.46. The molecule has 20 heavy (non-hydrogen) atoms. The molecule has 1 atom stereocenters. The summed E-state index contributed by atoms with van der Waals surface area (Å²) < 4.78 is 12.0. The van der Waals surface area contributed by atoms with Crippen molar-refractivity contribution in [1.82, 2.24) is 14.8 Å². The second kappa shape index (κ2) is 5.54. The van der Waals surface area contributed by atoms with E-state index in [9.17, 15) is 4.79 Å². The standard InChI is InChI=1S/C13H13N3O3S/c1-18-10-4-2-3-9(7-10)16-8-14-15-13(16)20-11-5-6-19-12(11)17/h2-4,7-8,11H,5-6H2,1H3/t11-/m0/s1. The number of thioether (sulfide) groups is 1. The van der Waals surface area contributed by atoms with E-state index in [1.165, 1.54) is 11.8 Å². The van der Waals surface area contributed by atoms with Crippen LogP contribution in [-0.4, -0.2) is 39.7 Å². The lowest BCUT2D eigenvalue weighted by Crippen LogP contribution is -2.10. The number of carbonyl (C=O) groups is 1. The van der Waals surface area contributed by atoms with Crippen molar-refractivity contribution in [2.24, 2.45) is 0 Å². The highest BCUT2D eigenvalue weighted by atomic mass is 32.2. The summed E-state index contributed by atoms with van der Waals surface area (Å²) in [6, 6.07) is 7.59. The van der Waals surface area contributed by atoms with Crippen molar-refractivity contribution >= 4 is 17.7 Å². The van der Waals surface area contributed by atoms with E-state index < -0.39 is 0 Å². The first-order valence-electron chi connectivity index (χ1n) is 6.15. The smallest absolute Gasteiger partial charge is 0.319 e. The predicted octanol–water partition coefficient (Wildman–Crippen LogP) is 1.68. The second-order valence-electron chi connectivity index (χ2n) is 4.25. The molecule has 1 aromatic heterocycles. The van der Waals surface area contributed by atoms with Crippen LogP contribution in [0.5, 0.6) is 5.75 Å². The number of methoxy groups -OCH3 is 1. The largest absolute Gasteiger partial charge is 0.497 e. The topological polar surface area (TPSA) is 66.2 Å². The Kier molecular flexibility index (Phi) is 3.60. The molecule has 1 aromatic carbocycles. The van der Waals surface area contributed by atoms with Gasteiger partial charge in [0.1, 0.15) is 17.3 Å². The molecule has 0 saturated carbocycles. The normalized spacial score (nSPS) is 18.1. The lowest BCUT2D eigenvalue weighted by molar-refractivity contribution is -0.137. The van der Waals surface area contributed by atoms with Gasteiger partial charge in [0.05, 0.1) is 19.4 Å². The van der Waals surface area contributed by atoms with Crippen LogP contribution in [0.4, 0.5) is 0 Å². The molecule has 0 bridgehead atoms. The van der Waals surface area contributed by atoms with E-state index in [-0.39, 0.29) is 11.2 Å². The summed E-state index contributed by atoms with van der Waals surface area (Å²) in [6.45, 7) is 0.476. The summed E-state index contributed by atoms with van der Waals surface area (Å²) in [5.74, 6) is 0.572. The maximum Gasteiger partial charge on any atom is 0.319 e. The van der Waals surface area contributed by atoms with Gasteiger partial charge in [0.15, 0.2) is 5.16 Å². The summed E-state index contributed by atoms with van der Waals surface area (Å²) in [6.07, 6.45) is 2.33. The Morgan fingerprint density at radius 2 is 2.40 bits per heavy atom. The highest BCUT2D eigenvalue weighted by molar-refractivity contribution is 8.00. The third kappa shape index (κ3) is 2.49. The maximum absolute atomic E-state index is 11.5. The minimum atomic E-state index is -0.205. The summed E-state index contributed by atoms with van der Waals surface area (Å²) in [7, 11) is 1.62. The van der Waals surface area contributed by atoms with Gasteiger partial charge in [-0.3, -0.25) is 9.36 Å². The molecule has 104 valence electrons. The Labute approximate surface area is 120 Å². The van der Waals surface area contributed by atoms with Crippen molar-refractivity contribution in [3.8, 4) is 11.4 Å². The van der Waals surface area contributed by atoms with E-state index in [1.807, 2.05) is 28.8 Å². The first-order valence-corrected chi connectivity index (χ1v) is 7.03. The molecule has 7 heteroatoms. The second-order valence-corrected chi connectivity index (χ2v) is 5.42. The molecule has 1 aliphatic heterocycles. The zero-order valence-electron chi connectivity index (χ0n) is 10.9. The summed E-state index contributed by atoms with van der Waals surface area (Å²) >= 11 is 1.37. The van der Waals surface area contributed by atoms with Gasteiger partial charge in [-0.25, -0.2) is 0 Å². The monoisotopic (exact) mass is 291 g/mol. The Bertz CT molecular complexity index is 629. The minimum absolute atomic E-state index is 0.185. The molecule has 0 radical (unpaired) electrons. The molecule has 6 nitrogen and oxygen atoms in total. The Hall–Kier alpha value is -2.02. The third-order valence-electron chi connectivity index (χ3n) is 2.98. The fourth-order valence-corrected chi connectivity index (χ4v) is 2.95. The van der Waals surface area contributed by atoms with Gasteiger partial charge in [-0.1, -0.05) is 17.8 Å². The summed E-state index contributed by atoms with van der Waals surface area (Å²) in [5.41, 5.74) is 0.892. The SMILES string of the molecule is COc1cccc(-n2cnnc2S[C@H]2CCOC2=O)c1. The fourth-order valence-electron chi connectivity index (χ4n) is 1.95. The Morgan fingerprint density at radius 1 is 1.50 bits per heavy atom. The number of hydrogen-bond donors (Lipinski definition) is 0. The third-order valence-corrected chi connectivity index (χ3v) is 4.18. The van der Waals surface area contributed by atoms with Crippen molar-refractivity contribution in [3.05, 3.63) is 30.6 Å². The highest BCUT2D eigenvalue weighted by Crippen LogP contribution is 2.30. The zero-order valence-corrected chi connectivity index (χ0v) is 11.7. The van der Waals surface area contributed by atoms with Crippen LogP contribution in [0.1, 0.15) is 6.42 Å². The van der Waals surface area contributed by atoms with Gasteiger partial charge in [0.2, 0.25) is 0 Å². The molecule has 0 spiro atoms. The van der Waals surface area contributed by atoms with E-state index in [4.69, 9.17) is 9.47 Å². The minimum Gasteiger partial charge on any atom is -0.497 e. The van der Waals surface area contributed by atoms with Gasteiger partial charge < -0.3 is 9.47 Å². The summed E-state index contributed by atoms with van der Waals surface area (Å²) in [4.78, 5) is 11.5. The fraction of sp³-hybridized carbons (Fsp3) is 0.308. The van der Waals surface area contributed by atoms with Crippen molar-refractivity contribution < 1.29 is 14.3 Å². The number of cyclic esters (lactones) is 1. The zero-order chi connectivity index (χ0) is 13.9. The van der Waals surface area contributed by atoms with E-state index in [1.54, 1.807) is 13.4 Å². The molecule has 0 N–H and O–H groups in total. The van der Waals surface area contributed by atoms with Crippen LogP contribution in [0.2, 0.25) is 0 Å². The number of ether oxygens (including phenoxy) is 2. The average molecular weight is 291 g/mol. The van der Waals surface area contributed by atoms with Gasteiger partial charge in [-0.2, -0.15) is 0 Å². The molecule has 1 aliphatic rings. The predicted molar refractivity (Wildman–Crippen MR) is 73.1 cm³/mol. The average Bonchev–Trinajstić information content (AvgIpc) is 3.09. The lowest BCUT2D eigenvalue weighted by atomic mass is 10.3. The van der Waals surface area contributed by atoms with Crippen molar-refractivity contribution in [1.29, 1.82) is 0 Å². The van der Waals surface area contributed by atoms with Crippen LogP contribution < -0.4 is 4.74 Å². The Balaban J connectivity index is 1.87. The van der Waals surface area contributed by atoms with Crippen molar-refractivity contribution in [3.63, 3.8) is 0 Å². The molecular weight excluding hydrogens is 278 g/mol. The molecule has 3 rings (SSSR count). The molecule has 1 fully saturated rings. The van der Waals surface area contributed by atoms with Crippen molar-refractivity contribution in [2.45, 2.75) is 16.8 Å². The first kappa shape index (κ1) is 13.0. The van der Waals surface area contributed by atoms with E-state index in [0.29, 0.717) is 18.2 Å². The number of hydrogen-bond acceptors (Lipinski definition) is 6. The van der Waals surface area contributed by atoms with Crippen LogP contribution in [0, 0.1) is 0 Å². The number of esters is 1. The number of benzene rings is 1. The molecule has 0 unspecified atom stereocenters. The van der Waals surface area contributed by atoms with Crippen LogP contribution in [-0.2, 0) is 9.53 Å². The van der Waals surface area contributed by atoms with E-state index in [2.05, 4.69) is 10.2 Å². The van der Waals surface area contributed by atoms with E-state index >= 15 is 0 Å². The highest BCUT2D eigenvalue weighted by Gasteiger charge is 2.29. The van der Waals surface area contributed by atoms with Gasteiger partial charge >= 0.3 is 5.97 Å². The van der Waals surface area contributed by atoms with Gasteiger partial charge in [-0.05, 0) is 12.1 Å². The van der Waals surface area contributed by atoms with Gasteiger partial charge in [0.25, 0.3) is 0 Å². The van der Waals surface area contributed by atoms with Crippen LogP contribution >= 0.6 is 11.8 Å². The molecule has 2 aromatic rings. The van der Waals surface area contributed by atoms with Crippen LogP contribution in [0.3, 0.4) is 0 Å². The van der Waals surface area contributed by atoms with Crippen LogP contribution in [0.15, 0.2) is 35.7 Å². The number of aromatic nitrogens is 3. The van der Waals surface area contributed by atoms with Crippen LogP contribution in [0.25, 0.3) is 5.69 Å². The number of nitrogens with zero attached hydrogens (tertiary/aromatic N) is 3. The molecule has 1 saturated heterocycles. The molecule has 0 aliphatic carbocycles.